The number of rotatable bonds is 4. The lowest BCUT2D eigenvalue weighted by atomic mass is 10.0. The van der Waals surface area contributed by atoms with E-state index in [4.69, 9.17) is 0 Å². The zero-order chi connectivity index (χ0) is 15.6. The van der Waals surface area contributed by atoms with Crippen molar-refractivity contribution in [3.8, 4) is 5.75 Å². The van der Waals surface area contributed by atoms with Gasteiger partial charge in [0.25, 0.3) is 5.91 Å². The van der Waals surface area contributed by atoms with Gasteiger partial charge in [0.2, 0.25) is 0 Å². The second-order valence-electron chi connectivity index (χ2n) is 5.41. The smallest absolute Gasteiger partial charge is 0.255 e. The highest BCUT2D eigenvalue weighted by atomic mass is 32.1. The Morgan fingerprint density at radius 3 is 2.71 bits per heavy atom. The molecule has 0 spiro atoms. The van der Waals surface area contributed by atoms with Crippen molar-refractivity contribution in [1.82, 2.24) is 5.32 Å². The van der Waals surface area contributed by atoms with Crippen LogP contribution in [0.1, 0.15) is 33.3 Å². The Morgan fingerprint density at radius 1 is 1.38 bits per heavy atom. The average molecular weight is 305 g/mol. The third kappa shape index (κ3) is 3.43. The minimum atomic E-state index is -1.13. The minimum Gasteiger partial charge on any atom is -0.507 e. The zero-order valence-electron chi connectivity index (χ0n) is 12.3. The van der Waals surface area contributed by atoms with Crippen molar-refractivity contribution in [1.29, 1.82) is 0 Å². The van der Waals surface area contributed by atoms with Crippen molar-refractivity contribution < 1.29 is 15.0 Å². The number of phenols is 1. The van der Waals surface area contributed by atoms with E-state index in [1.807, 2.05) is 30.5 Å². The van der Waals surface area contributed by atoms with E-state index in [1.165, 1.54) is 11.3 Å². The van der Waals surface area contributed by atoms with Crippen LogP contribution in [0.25, 0.3) is 0 Å². The molecule has 1 aromatic heterocycles. The standard InChI is InChI=1S/C16H19NO3S/c1-10-7-11(2)14(18)12(8-10)15(19)17-9-16(3,20)13-5-4-6-21-13/h4-8,18,20H,9H2,1-3H3,(H,17,19). The summed E-state index contributed by atoms with van der Waals surface area (Å²) in [5, 5.41) is 24.9. The number of benzene rings is 1. The number of phenolic OH excluding ortho intramolecular Hbond substituents is 1. The summed E-state index contributed by atoms with van der Waals surface area (Å²) in [6, 6.07) is 7.13. The van der Waals surface area contributed by atoms with E-state index in [1.54, 1.807) is 19.9 Å². The van der Waals surface area contributed by atoms with Gasteiger partial charge in [-0.3, -0.25) is 4.79 Å². The second-order valence-corrected chi connectivity index (χ2v) is 6.36. The van der Waals surface area contributed by atoms with Gasteiger partial charge >= 0.3 is 0 Å². The van der Waals surface area contributed by atoms with Crippen LogP contribution in [0.3, 0.4) is 0 Å². The number of carbonyl (C=O) groups is 1. The molecule has 0 aliphatic rings. The number of hydrogen-bond donors (Lipinski definition) is 3. The lowest BCUT2D eigenvalue weighted by Crippen LogP contribution is -2.38. The normalized spacial score (nSPS) is 13.7. The first-order valence-electron chi connectivity index (χ1n) is 6.66. The predicted molar refractivity (Wildman–Crippen MR) is 83.8 cm³/mol. The number of nitrogens with one attached hydrogen (secondary N) is 1. The molecule has 1 aromatic carbocycles. The van der Waals surface area contributed by atoms with Crippen LogP contribution in [0.2, 0.25) is 0 Å². The monoisotopic (exact) mass is 305 g/mol. The molecule has 4 nitrogen and oxygen atoms in total. The van der Waals surface area contributed by atoms with E-state index in [9.17, 15) is 15.0 Å². The fourth-order valence-electron chi connectivity index (χ4n) is 2.15. The van der Waals surface area contributed by atoms with E-state index >= 15 is 0 Å². The summed E-state index contributed by atoms with van der Waals surface area (Å²) in [4.78, 5) is 13.0. The predicted octanol–water partition coefficient (Wildman–Crippen LogP) is 2.71. The molecule has 0 fully saturated rings. The van der Waals surface area contributed by atoms with Gasteiger partial charge in [-0.15, -0.1) is 11.3 Å². The van der Waals surface area contributed by atoms with Gasteiger partial charge in [-0.25, -0.2) is 0 Å². The molecule has 112 valence electrons. The molecular weight excluding hydrogens is 286 g/mol. The van der Waals surface area contributed by atoms with Gasteiger partial charge in [0.15, 0.2) is 0 Å². The summed E-state index contributed by atoms with van der Waals surface area (Å²) in [5.74, 6) is -0.412. The quantitative estimate of drug-likeness (QED) is 0.813. The molecule has 0 aliphatic heterocycles. The number of aryl methyl sites for hydroxylation is 2. The molecule has 0 saturated heterocycles. The molecule has 1 amide bonds. The summed E-state index contributed by atoms with van der Waals surface area (Å²) in [7, 11) is 0. The molecule has 3 N–H and O–H groups in total. The fraction of sp³-hybridized carbons (Fsp3) is 0.312. The van der Waals surface area contributed by atoms with Crippen LogP contribution < -0.4 is 5.32 Å². The van der Waals surface area contributed by atoms with Crippen molar-refractivity contribution in [3.05, 3.63) is 51.2 Å². The van der Waals surface area contributed by atoms with E-state index in [-0.39, 0.29) is 17.9 Å². The molecule has 0 bridgehead atoms. The van der Waals surface area contributed by atoms with Crippen molar-refractivity contribution in [2.75, 3.05) is 6.54 Å². The molecule has 1 unspecified atom stereocenters. The number of thiophene rings is 1. The Labute approximate surface area is 128 Å². The van der Waals surface area contributed by atoms with Crippen LogP contribution in [-0.4, -0.2) is 22.7 Å². The van der Waals surface area contributed by atoms with Crippen LogP contribution in [0.5, 0.6) is 5.75 Å². The van der Waals surface area contributed by atoms with Gasteiger partial charge < -0.3 is 15.5 Å². The van der Waals surface area contributed by atoms with E-state index in [2.05, 4.69) is 5.32 Å². The van der Waals surface area contributed by atoms with Gasteiger partial charge in [-0.2, -0.15) is 0 Å². The molecular formula is C16H19NO3S. The molecule has 0 aliphatic carbocycles. The van der Waals surface area contributed by atoms with E-state index < -0.39 is 11.5 Å². The van der Waals surface area contributed by atoms with Gasteiger partial charge in [0, 0.05) is 4.88 Å². The fourth-order valence-corrected chi connectivity index (χ4v) is 2.94. The van der Waals surface area contributed by atoms with E-state index in [0.29, 0.717) is 5.56 Å². The minimum absolute atomic E-state index is 0.0196. The molecule has 0 saturated carbocycles. The first-order valence-corrected chi connectivity index (χ1v) is 7.54. The number of carbonyl (C=O) groups excluding carboxylic acids is 1. The molecule has 2 rings (SSSR count). The Balaban J connectivity index is 2.13. The molecule has 21 heavy (non-hydrogen) atoms. The highest BCUT2D eigenvalue weighted by molar-refractivity contribution is 7.10. The third-order valence-corrected chi connectivity index (χ3v) is 4.46. The number of aromatic hydroxyl groups is 1. The Kier molecular flexibility index (Phi) is 4.34. The topological polar surface area (TPSA) is 69.6 Å². The van der Waals surface area contributed by atoms with Crippen molar-refractivity contribution >= 4 is 17.2 Å². The number of amides is 1. The Bertz CT molecular complexity index is 648. The molecule has 0 radical (unpaired) electrons. The maximum absolute atomic E-state index is 12.2. The zero-order valence-corrected chi connectivity index (χ0v) is 13.1. The van der Waals surface area contributed by atoms with Crippen molar-refractivity contribution in [3.63, 3.8) is 0 Å². The third-order valence-electron chi connectivity index (χ3n) is 3.33. The Morgan fingerprint density at radius 2 is 2.10 bits per heavy atom. The van der Waals surface area contributed by atoms with Gasteiger partial charge in [0.1, 0.15) is 11.4 Å². The van der Waals surface area contributed by atoms with Crippen molar-refractivity contribution in [2.24, 2.45) is 0 Å². The average Bonchev–Trinajstić information content (AvgIpc) is 2.95. The molecule has 2 aromatic rings. The number of hydrogen-bond acceptors (Lipinski definition) is 4. The number of aliphatic hydroxyl groups is 1. The van der Waals surface area contributed by atoms with Crippen LogP contribution in [0.4, 0.5) is 0 Å². The maximum Gasteiger partial charge on any atom is 0.255 e. The molecule has 1 heterocycles. The highest BCUT2D eigenvalue weighted by Gasteiger charge is 2.25. The first-order chi connectivity index (χ1) is 9.81. The van der Waals surface area contributed by atoms with E-state index in [0.717, 1.165) is 10.4 Å². The molecule has 1 atom stereocenters. The van der Waals surface area contributed by atoms with Crippen molar-refractivity contribution in [2.45, 2.75) is 26.4 Å². The molecule has 5 heteroatoms. The van der Waals surface area contributed by atoms with Gasteiger partial charge in [-0.05, 0) is 49.4 Å². The summed E-state index contributed by atoms with van der Waals surface area (Å²) >= 11 is 1.43. The summed E-state index contributed by atoms with van der Waals surface area (Å²) < 4.78 is 0. The summed E-state index contributed by atoms with van der Waals surface area (Å²) in [6.07, 6.45) is 0. The largest absolute Gasteiger partial charge is 0.507 e. The van der Waals surface area contributed by atoms with Crippen LogP contribution in [0, 0.1) is 13.8 Å². The van der Waals surface area contributed by atoms with Crippen LogP contribution >= 0.6 is 11.3 Å². The summed E-state index contributed by atoms with van der Waals surface area (Å²) in [6.45, 7) is 5.35. The van der Waals surface area contributed by atoms with Crippen LogP contribution in [0.15, 0.2) is 29.6 Å². The van der Waals surface area contributed by atoms with Gasteiger partial charge in [-0.1, -0.05) is 12.1 Å². The lowest BCUT2D eigenvalue weighted by Gasteiger charge is -2.22. The second kappa shape index (κ2) is 5.87. The van der Waals surface area contributed by atoms with Crippen LogP contribution in [-0.2, 0) is 5.60 Å². The summed E-state index contributed by atoms with van der Waals surface area (Å²) in [5.41, 5.74) is 0.665. The highest BCUT2D eigenvalue weighted by Crippen LogP contribution is 2.26. The maximum atomic E-state index is 12.2. The van der Waals surface area contributed by atoms with Gasteiger partial charge in [0.05, 0.1) is 12.1 Å². The first kappa shape index (κ1) is 15.5. The lowest BCUT2D eigenvalue weighted by molar-refractivity contribution is 0.0556. The Hall–Kier alpha value is -1.85. The SMILES string of the molecule is Cc1cc(C)c(O)c(C(=O)NCC(C)(O)c2cccs2)c1.